The lowest BCUT2D eigenvalue weighted by atomic mass is 9.88. The molecule has 1 saturated carbocycles. The third kappa shape index (κ3) is 16.1. The van der Waals surface area contributed by atoms with Crippen LogP contribution in [0.1, 0.15) is 73.9 Å². The van der Waals surface area contributed by atoms with E-state index in [1.165, 1.54) is 54.8 Å². The number of aromatic nitrogens is 24. The number of nitrogen functional groups attached to an aromatic ring is 4. The standard InChI is InChI=1S/C23H24N8O.C21H20N8O2.C20H20N8O.C18H22N8O.CH4/c24-19-13-25-18(12-26-19)20-21-22(29-23(28-20)30-7-9-32-10-8-30)31(14-27-21)17-6-5-15-3-1-2-4-16(15)11-17;22-17-11-23-15(10-24-17)18-19-20(27-21(26-18)28-4-7-30-8-5-28)29(12-25-19)14-1-2-16-13(9-14)3-6-31-16;1-13-3-2-4-14(9-13)28-12-24-18-17(15-10-23-16(21)11-22-15)25-20(26-19(18)28)27-5-7-29-8-6-27;19-14-10-20-13(9-21-14)15-16-17(26(11-22-16)12-3-1-2-4-12)24-18(23-15)25-5-7-27-8-6-25;/h1-4,12-14,17H,5-11H2,(H2,24,26);1-2,9-12H,3-8H2,(H2,22,24);2-4,9-12H,5-8H2,1H3,(H2,21,23);9-12H,1-8H2,(H2,19,21);1H4. The number of morpholine rings is 4. The zero-order valence-electron chi connectivity index (χ0n) is 65.5. The first-order chi connectivity index (χ1) is 58.5. The monoisotopic (exact) mass is 1610 g/mol. The lowest BCUT2D eigenvalue weighted by molar-refractivity contribution is 0.122. The van der Waals surface area contributed by atoms with E-state index in [0.29, 0.717) is 181 Å². The Balaban J connectivity index is 0.000000110. The number of hydrogen-bond donors (Lipinski definition) is 4. The van der Waals surface area contributed by atoms with Gasteiger partial charge in [-0.15, -0.1) is 0 Å². The van der Waals surface area contributed by atoms with Gasteiger partial charge in [0.05, 0.1) is 122 Å². The molecule has 2 aliphatic carbocycles. The Hall–Kier alpha value is -13.8. The molecule has 22 rings (SSSR count). The number of rotatable bonds is 12. The molecular weight excluding hydrogens is 1530 g/mol. The average molecular weight is 1620 g/mol. The summed E-state index contributed by atoms with van der Waals surface area (Å²) in [6.07, 6.45) is 28.8. The van der Waals surface area contributed by atoms with Crippen molar-refractivity contribution in [1.82, 2.24) is 118 Å². The summed E-state index contributed by atoms with van der Waals surface area (Å²) in [4.78, 5) is 101. The SMILES string of the molecule is C.Cc1cccc(-n2cnc3c(-c4cnc(N)cn4)nc(N4CCOCC4)nc32)c1.Nc1cnc(-c2nc(N3CCOCC3)nc3c2ncn3-c2ccc3c(c2)CCO3)cn1.Nc1cnc(-c2nc(N3CCOCC3)nc3c2ncn3C2CCCC2)cn1.Nc1cnc(-c2nc(N3CCOCC3)nc3c2ncn3C2CCc3ccccc3C2)cn1. The molecular formula is C83H90N32O5. The maximum absolute atomic E-state index is 5.76. The molecule has 1 unspecified atom stereocenters. The third-order valence-corrected chi connectivity index (χ3v) is 22.1. The van der Waals surface area contributed by atoms with Gasteiger partial charge in [-0.05, 0) is 91.6 Å². The zero-order chi connectivity index (χ0) is 80.3. The molecule has 37 heteroatoms. The number of benzene rings is 3. The number of anilines is 8. The van der Waals surface area contributed by atoms with Gasteiger partial charge in [-0.25, -0.2) is 79.7 Å². The van der Waals surface area contributed by atoms with Crippen molar-refractivity contribution in [3.8, 4) is 62.7 Å². The molecule has 12 aromatic heterocycles. The van der Waals surface area contributed by atoms with Crippen LogP contribution < -0.4 is 47.3 Å². The summed E-state index contributed by atoms with van der Waals surface area (Å²) >= 11 is 0. The first-order valence-corrected chi connectivity index (χ1v) is 40.0. The Kier molecular flexibility index (Phi) is 22.2. The molecule has 0 bridgehead atoms. The first kappa shape index (κ1) is 77.5. The number of hydrogen-bond acceptors (Lipinski definition) is 33. The maximum Gasteiger partial charge on any atom is 0.228 e. The predicted octanol–water partition coefficient (Wildman–Crippen LogP) is 8.51. The van der Waals surface area contributed by atoms with Gasteiger partial charge in [-0.3, -0.25) is 9.13 Å². The van der Waals surface area contributed by atoms with Crippen molar-refractivity contribution in [3.63, 3.8) is 0 Å². The molecule has 0 spiro atoms. The highest BCUT2D eigenvalue weighted by atomic mass is 16.5. The highest BCUT2D eigenvalue weighted by molar-refractivity contribution is 5.91. The molecule has 5 aliphatic heterocycles. The zero-order valence-corrected chi connectivity index (χ0v) is 65.5. The first-order valence-electron chi connectivity index (χ1n) is 40.0. The van der Waals surface area contributed by atoms with Gasteiger partial charge in [-0.2, -0.15) is 19.9 Å². The van der Waals surface area contributed by atoms with Gasteiger partial charge in [0.1, 0.15) is 109 Å². The van der Waals surface area contributed by atoms with Gasteiger partial charge < -0.3 is 75.4 Å². The molecule has 8 N–H and O–H groups in total. The van der Waals surface area contributed by atoms with Gasteiger partial charge in [0.2, 0.25) is 23.8 Å². The number of nitrogens with two attached hydrogens (primary N) is 4. The number of aryl methyl sites for hydroxylation is 2. The van der Waals surface area contributed by atoms with Crippen molar-refractivity contribution in [2.75, 3.05) is 154 Å². The highest BCUT2D eigenvalue weighted by Crippen LogP contribution is 2.39. The summed E-state index contributed by atoms with van der Waals surface area (Å²) in [7, 11) is 0. The maximum atomic E-state index is 5.76. The predicted molar refractivity (Wildman–Crippen MR) is 454 cm³/mol. The van der Waals surface area contributed by atoms with Crippen LogP contribution in [0, 0.1) is 6.92 Å². The third-order valence-electron chi connectivity index (χ3n) is 22.1. The quantitative estimate of drug-likeness (QED) is 0.0889. The Morgan fingerprint density at radius 3 is 1.15 bits per heavy atom. The number of imidazole rings is 4. The van der Waals surface area contributed by atoms with Crippen molar-refractivity contribution in [3.05, 3.63) is 164 Å². The van der Waals surface area contributed by atoms with E-state index in [2.05, 4.69) is 133 Å². The Morgan fingerprint density at radius 1 is 0.342 bits per heavy atom. The van der Waals surface area contributed by atoms with E-state index in [9.17, 15) is 0 Å². The van der Waals surface area contributed by atoms with Gasteiger partial charge in [-0.1, -0.05) is 56.7 Å². The van der Waals surface area contributed by atoms with Crippen LogP contribution in [-0.4, -0.2) is 230 Å². The fourth-order valence-electron chi connectivity index (χ4n) is 15.9. The van der Waals surface area contributed by atoms with Crippen LogP contribution in [0.4, 0.5) is 47.1 Å². The fraction of sp³-hybridized carbons (Fsp3) is 0.349. The van der Waals surface area contributed by atoms with Gasteiger partial charge >= 0.3 is 0 Å². The number of ether oxygens (including phenoxy) is 5. The molecule has 0 amide bonds. The van der Waals surface area contributed by atoms with Crippen molar-refractivity contribution >= 4 is 91.7 Å². The summed E-state index contributed by atoms with van der Waals surface area (Å²) in [6, 6.07) is 23.8. The molecule has 1 atom stereocenters. The molecule has 5 fully saturated rings. The topological polar surface area (TPSA) is 441 Å². The van der Waals surface area contributed by atoms with Crippen LogP contribution in [0.25, 0.3) is 102 Å². The van der Waals surface area contributed by atoms with Crippen LogP contribution in [-0.2, 0) is 38.2 Å². The second-order valence-corrected chi connectivity index (χ2v) is 29.7. The molecule has 4 saturated heterocycles. The van der Waals surface area contributed by atoms with Crippen LogP contribution in [0.5, 0.6) is 5.75 Å². The minimum atomic E-state index is 0. The highest BCUT2D eigenvalue weighted by Gasteiger charge is 2.31. The number of fused-ring (bicyclic) bond motifs is 6. The summed E-state index contributed by atoms with van der Waals surface area (Å²) in [5.74, 6) is 5.03. The normalized spacial score (nSPS) is 16.7. The van der Waals surface area contributed by atoms with Gasteiger partial charge in [0.15, 0.2) is 22.6 Å². The smallest absolute Gasteiger partial charge is 0.228 e. The lowest BCUT2D eigenvalue weighted by Gasteiger charge is -2.28. The number of nitrogens with zero attached hydrogens (tertiary/aromatic N) is 28. The summed E-state index contributed by atoms with van der Waals surface area (Å²) < 4.78 is 36.0. The van der Waals surface area contributed by atoms with Crippen molar-refractivity contribution in [2.45, 2.75) is 77.8 Å². The lowest BCUT2D eigenvalue weighted by Crippen LogP contribution is -2.37. The molecule has 3 aromatic carbocycles. The molecule has 15 aromatic rings. The Bertz CT molecular complexity index is 6120. The summed E-state index contributed by atoms with van der Waals surface area (Å²) in [5.41, 5.74) is 41.2. The van der Waals surface area contributed by atoms with Crippen molar-refractivity contribution in [2.24, 2.45) is 0 Å². The molecule has 17 heterocycles. The second-order valence-electron chi connectivity index (χ2n) is 29.7. The van der Waals surface area contributed by atoms with Crippen LogP contribution in [0.15, 0.2) is 142 Å². The Labute approximate surface area is 688 Å². The largest absolute Gasteiger partial charge is 0.493 e. The van der Waals surface area contributed by atoms with Crippen molar-refractivity contribution < 1.29 is 23.7 Å². The van der Waals surface area contributed by atoms with E-state index in [1.54, 1.807) is 49.8 Å². The minimum absolute atomic E-state index is 0. The molecule has 7 aliphatic rings. The van der Waals surface area contributed by atoms with E-state index in [4.69, 9.17) is 91.5 Å². The van der Waals surface area contributed by atoms with E-state index in [-0.39, 0.29) is 7.43 Å². The van der Waals surface area contributed by atoms with Crippen LogP contribution in [0.3, 0.4) is 0 Å². The van der Waals surface area contributed by atoms with Crippen molar-refractivity contribution in [1.29, 1.82) is 0 Å². The molecule has 612 valence electrons. The van der Waals surface area contributed by atoms with E-state index in [1.807, 2.05) is 46.1 Å². The molecule has 120 heavy (non-hydrogen) atoms. The second kappa shape index (κ2) is 34.4. The fourth-order valence-corrected chi connectivity index (χ4v) is 15.9. The Morgan fingerprint density at radius 2 is 0.733 bits per heavy atom. The summed E-state index contributed by atoms with van der Waals surface area (Å²) in [5, 5.41) is 0. The van der Waals surface area contributed by atoms with Crippen LogP contribution in [0.2, 0.25) is 0 Å². The van der Waals surface area contributed by atoms with Gasteiger partial charge in [0.25, 0.3) is 0 Å². The minimum Gasteiger partial charge on any atom is -0.493 e. The average Bonchev–Trinajstić information content (AvgIpc) is 1.47. The summed E-state index contributed by atoms with van der Waals surface area (Å²) in [6.45, 7) is 14.0. The van der Waals surface area contributed by atoms with Crippen LogP contribution >= 0.6 is 0 Å². The van der Waals surface area contributed by atoms with Gasteiger partial charge in [0, 0.05) is 82.2 Å². The van der Waals surface area contributed by atoms with E-state index in [0.717, 1.165) is 129 Å². The van der Waals surface area contributed by atoms with E-state index >= 15 is 0 Å². The van der Waals surface area contributed by atoms with E-state index < -0.39 is 0 Å². The molecule has 37 nitrogen and oxygen atoms in total. The molecule has 0 radical (unpaired) electrons.